The van der Waals surface area contributed by atoms with Crippen molar-refractivity contribution >= 4 is 11.0 Å². The van der Waals surface area contributed by atoms with E-state index in [1.54, 1.807) is 24.3 Å². The number of hydrogen-bond acceptors (Lipinski definition) is 9. The van der Waals surface area contributed by atoms with Gasteiger partial charge in [0.15, 0.2) is 0 Å². The molecule has 5 unspecified atom stereocenters. The maximum absolute atomic E-state index is 12.8. The molecule has 30 heavy (non-hydrogen) atoms. The van der Waals surface area contributed by atoms with Gasteiger partial charge in [-0.1, -0.05) is 30.3 Å². The number of hydrogen-bond donors (Lipinski definition) is 5. The molecule has 158 valence electrons. The van der Waals surface area contributed by atoms with Crippen molar-refractivity contribution in [2.45, 2.75) is 30.7 Å². The third-order valence-electron chi connectivity index (χ3n) is 5.02. The summed E-state index contributed by atoms with van der Waals surface area (Å²) < 4.78 is 16.3. The van der Waals surface area contributed by atoms with Gasteiger partial charge in [0.05, 0.1) is 12.2 Å². The first-order chi connectivity index (χ1) is 14.4. The third kappa shape index (κ3) is 3.53. The number of aliphatic hydroxyl groups excluding tert-OH is 4. The molecule has 0 amide bonds. The predicted molar refractivity (Wildman–Crippen MR) is 104 cm³/mol. The molecule has 9 heteroatoms. The Balaban J connectivity index is 1.68. The van der Waals surface area contributed by atoms with E-state index in [2.05, 4.69) is 0 Å². The molecule has 0 radical (unpaired) electrons. The minimum Gasteiger partial charge on any atom is -0.507 e. The van der Waals surface area contributed by atoms with E-state index in [1.165, 1.54) is 12.3 Å². The van der Waals surface area contributed by atoms with Crippen LogP contribution in [0.5, 0.6) is 11.5 Å². The van der Waals surface area contributed by atoms with Gasteiger partial charge in [-0.15, -0.1) is 0 Å². The Bertz CT molecular complexity index is 1090. The van der Waals surface area contributed by atoms with Gasteiger partial charge in [0.1, 0.15) is 53.1 Å². The number of aromatic hydroxyl groups is 1. The molecule has 1 saturated heterocycles. The molecule has 9 nitrogen and oxygen atoms in total. The van der Waals surface area contributed by atoms with Gasteiger partial charge in [0.2, 0.25) is 11.7 Å². The largest absolute Gasteiger partial charge is 0.507 e. The average Bonchev–Trinajstić information content (AvgIpc) is 2.74. The highest BCUT2D eigenvalue weighted by molar-refractivity contribution is 5.88. The summed E-state index contributed by atoms with van der Waals surface area (Å²) in [5.41, 5.74) is 0.522. The maximum atomic E-state index is 12.8. The Labute approximate surface area is 170 Å². The summed E-state index contributed by atoms with van der Waals surface area (Å²) in [7, 11) is 0. The first-order valence-corrected chi connectivity index (χ1v) is 9.22. The first-order valence-electron chi connectivity index (χ1n) is 9.22. The van der Waals surface area contributed by atoms with E-state index < -0.39 is 48.5 Å². The average molecular weight is 416 g/mol. The van der Waals surface area contributed by atoms with E-state index >= 15 is 0 Å². The fraction of sp³-hybridized carbons (Fsp3) is 0.286. The van der Waals surface area contributed by atoms with E-state index in [1.807, 2.05) is 6.07 Å². The Kier molecular flexibility index (Phi) is 5.46. The highest BCUT2D eigenvalue weighted by atomic mass is 16.7. The van der Waals surface area contributed by atoms with E-state index in [4.69, 9.17) is 13.9 Å². The lowest BCUT2D eigenvalue weighted by Gasteiger charge is -2.39. The third-order valence-corrected chi connectivity index (χ3v) is 5.02. The van der Waals surface area contributed by atoms with Crippen LogP contribution in [0.1, 0.15) is 0 Å². The Hall–Kier alpha value is -2.95. The Morgan fingerprint density at radius 3 is 2.43 bits per heavy atom. The summed E-state index contributed by atoms with van der Waals surface area (Å²) >= 11 is 0. The van der Waals surface area contributed by atoms with Crippen molar-refractivity contribution in [3.63, 3.8) is 0 Å². The van der Waals surface area contributed by atoms with Gasteiger partial charge in [-0.05, 0) is 5.56 Å². The summed E-state index contributed by atoms with van der Waals surface area (Å²) in [5, 5.41) is 49.4. The Morgan fingerprint density at radius 2 is 1.73 bits per heavy atom. The van der Waals surface area contributed by atoms with Crippen LogP contribution in [0.15, 0.2) is 57.9 Å². The zero-order valence-corrected chi connectivity index (χ0v) is 15.6. The van der Waals surface area contributed by atoms with Crippen LogP contribution in [0, 0.1) is 0 Å². The summed E-state index contributed by atoms with van der Waals surface area (Å²) in [6.07, 6.45) is -6.06. The molecule has 0 bridgehead atoms. The lowest BCUT2D eigenvalue weighted by atomic mass is 9.99. The van der Waals surface area contributed by atoms with Gasteiger partial charge in [0, 0.05) is 12.1 Å². The monoisotopic (exact) mass is 416 g/mol. The highest BCUT2D eigenvalue weighted by Crippen LogP contribution is 2.32. The fourth-order valence-electron chi connectivity index (χ4n) is 3.39. The van der Waals surface area contributed by atoms with E-state index in [-0.39, 0.29) is 22.3 Å². The molecule has 1 aliphatic heterocycles. The van der Waals surface area contributed by atoms with Gasteiger partial charge in [-0.25, -0.2) is 0 Å². The molecular formula is C21H20O9. The molecule has 3 aromatic rings. The lowest BCUT2D eigenvalue weighted by Crippen LogP contribution is -2.60. The van der Waals surface area contributed by atoms with Crippen LogP contribution in [0.25, 0.3) is 22.1 Å². The van der Waals surface area contributed by atoms with Crippen molar-refractivity contribution < 1.29 is 39.4 Å². The molecule has 0 spiro atoms. The molecule has 5 atom stereocenters. The van der Waals surface area contributed by atoms with E-state index in [0.29, 0.717) is 5.56 Å². The highest BCUT2D eigenvalue weighted by Gasteiger charge is 2.44. The molecular weight excluding hydrogens is 396 g/mol. The van der Waals surface area contributed by atoms with Crippen LogP contribution in [0.2, 0.25) is 0 Å². The van der Waals surface area contributed by atoms with Crippen LogP contribution < -0.4 is 10.2 Å². The van der Waals surface area contributed by atoms with Crippen LogP contribution in [0.4, 0.5) is 0 Å². The number of rotatable bonds is 4. The normalized spacial score (nSPS) is 26.6. The number of fused-ring (bicyclic) bond motifs is 1. The second kappa shape index (κ2) is 8.05. The van der Waals surface area contributed by atoms with Gasteiger partial charge >= 0.3 is 0 Å². The molecule has 0 saturated carbocycles. The zero-order chi connectivity index (χ0) is 21.4. The summed E-state index contributed by atoms with van der Waals surface area (Å²) in [6, 6.07) is 11.3. The number of ether oxygens (including phenoxy) is 2. The summed E-state index contributed by atoms with van der Waals surface area (Å²) in [4.78, 5) is 12.8. The maximum Gasteiger partial charge on any atom is 0.229 e. The first kappa shape index (κ1) is 20.3. The molecule has 1 fully saturated rings. The molecule has 0 aliphatic carbocycles. The number of aliphatic hydroxyl groups is 4. The standard InChI is InChI=1S/C21H20O9/c22-8-15-18(25)19(26)20(27)21(30-15)29-11-6-13(23)16-14(7-11)28-9-12(17(16)24)10-4-2-1-3-5-10/h1-7,9,15,18-23,25-27H,8H2. The molecule has 5 N–H and O–H groups in total. The second-order valence-electron chi connectivity index (χ2n) is 6.98. The SMILES string of the molecule is O=c1c(-c2ccccc2)coc2cc(OC3OC(CO)C(O)C(O)C3O)cc(O)c12. The molecule has 2 heterocycles. The summed E-state index contributed by atoms with van der Waals surface area (Å²) in [5.74, 6) is -0.418. The van der Waals surface area contributed by atoms with Gasteiger partial charge in [-0.2, -0.15) is 0 Å². The van der Waals surface area contributed by atoms with Gasteiger partial charge < -0.3 is 39.4 Å². The van der Waals surface area contributed by atoms with Crippen LogP contribution in [-0.2, 0) is 4.74 Å². The number of benzene rings is 2. The Morgan fingerprint density at radius 1 is 1.00 bits per heavy atom. The topological polar surface area (TPSA) is 150 Å². The van der Waals surface area contributed by atoms with Crippen molar-refractivity contribution in [3.8, 4) is 22.6 Å². The van der Waals surface area contributed by atoms with Crippen molar-refractivity contribution in [1.82, 2.24) is 0 Å². The smallest absolute Gasteiger partial charge is 0.229 e. The quantitative estimate of drug-likeness (QED) is 0.406. The molecule has 2 aromatic carbocycles. The molecule has 1 aromatic heterocycles. The van der Waals surface area contributed by atoms with Crippen molar-refractivity contribution in [2.24, 2.45) is 0 Å². The van der Waals surface area contributed by atoms with Gasteiger partial charge in [-0.3, -0.25) is 4.79 Å². The predicted octanol–water partition coefficient (Wildman–Crippen LogP) is 0.344. The van der Waals surface area contributed by atoms with Crippen LogP contribution >= 0.6 is 0 Å². The molecule has 1 aliphatic rings. The lowest BCUT2D eigenvalue weighted by molar-refractivity contribution is -0.277. The number of phenols is 1. The second-order valence-corrected chi connectivity index (χ2v) is 6.98. The zero-order valence-electron chi connectivity index (χ0n) is 15.6. The van der Waals surface area contributed by atoms with Crippen LogP contribution in [-0.4, -0.2) is 62.8 Å². The molecule has 4 rings (SSSR count). The van der Waals surface area contributed by atoms with Crippen molar-refractivity contribution in [1.29, 1.82) is 0 Å². The van der Waals surface area contributed by atoms with Crippen LogP contribution in [0.3, 0.4) is 0 Å². The van der Waals surface area contributed by atoms with Crippen molar-refractivity contribution in [2.75, 3.05) is 6.61 Å². The van der Waals surface area contributed by atoms with E-state index in [9.17, 15) is 30.3 Å². The van der Waals surface area contributed by atoms with E-state index in [0.717, 1.165) is 6.07 Å². The van der Waals surface area contributed by atoms with Gasteiger partial charge in [0.25, 0.3) is 0 Å². The number of phenolic OH excluding ortho intramolecular Hbond substituents is 1. The fourth-order valence-corrected chi connectivity index (χ4v) is 3.39. The summed E-state index contributed by atoms with van der Waals surface area (Å²) in [6.45, 7) is -0.606. The van der Waals surface area contributed by atoms with Crippen molar-refractivity contribution in [3.05, 3.63) is 59.0 Å². The minimum absolute atomic E-state index is 0.0139. The minimum atomic E-state index is -1.62.